The Labute approximate surface area is 133 Å². The number of thioether (sulfide) groups is 1. The summed E-state index contributed by atoms with van der Waals surface area (Å²) < 4.78 is 0. The fourth-order valence-electron chi connectivity index (χ4n) is 1.77. The number of hydrogen-bond donors (Lipinski definition) is 1. The van der Waals surface area contributed by atoms with Gasteiger partial charge in [0.1, 0.15) is 5.01 Å². The van der Waals surface area contributed by atoms with Crippen LogP contribution in [0.4, 0.5) is 5.69 Å². The molecule has 1 aromatic carbocycles. The largest absolute Gasteiger partial charge is 0.399 e. The van der Waals surface area contributed by atoms with Crippen molar-refractivity contribution in [2.45, 2.75) is 24.0 Å². The van der Waals surface area contributed by atoms with E-state index in [1.807, 2.05) is 23.6 Å². The van der Waals surface area contributed by atoms with E-state index in [4.69, 9.17) is 5.73 Å². The monoisotopic (exact) mass is 321 g/mol. The first-order chi connectivity index (χ1) is 9.95. The summed E-state index contributed by atoms with van der Waals surface area (Å²) in [5, 5.41) is 2.90. The molecular formula is C15H19N3OS2. The molecule has 0 atom stereocenters. The summed E-state index contributed by atoms with van der Waals surface area (Å²) in [4.78, 5) is 19.0. The Balaban J connectivity index is 1.95. The van der Waals surface area contributed by atoms with Crippen LogP contribution in [0.1, 0.15) is 16.3 Å². The van der Waals surface area contributed by atoms with E-state index in [0.29, 0.717) is 6.42 Å². The van der Waals surface area contributed by atoms with Crippen molar-refractivity contribution in [2.75, 3.05) is 19.8 Å². The van der Waals surface area contributed by atoms with Crippen LogP contribution in [0.3, 0.4) is 0 Å². The number of thiazole rings is 1. The minimum atomic E-state index is 0.0814. The van der Waals surface area contributed by atoms with Gasteiger partial charge in [-0.05, 0) is 30.7 Å². The lowest BCUT2D eigenvalue weighted by Crippen LogP contribution is -2.23. The molecule has 0 spiro atoms. The number of carbonyl (C=O) groups is 1. The van der Waals surface area contributed by atoms with E-state index in [0.717, 1.165) is 22.1 Å². The maximum absolute atomic E-state index is 11.7. The van der Waals surface area contributed by atoms with E-state index in [-0.39, 0.29) is 5.91 Å². The van der Waals surface area contributed by atoms with E-state index in [1.54, 1.807) is 42.1 Å². The summed E-state index contributed by atoms with van der Waals surface area (Å²) in [5.74, 6) is 0.884. The van der Waals surface area contributed by atoms with Crippen molar-refractivity contribution in [3.05, 3.63) is 39.8 Å². The van der Waals surface area contributed by atoms with Crippen molar-refractivity contribution >= 4 is 34.7 Å². The molecule has 1 heterocycles. The predicted molar refractivity (Wildman–Crippen MR) is 89.7 cm³/mol. The second-order valence-electron chi connectivity index (χ2n) is 5.01. The highest BCUT2D eigenvalue weighted by Gasteiger charge is 2.10. The highest BCUT2D eigenvalue weighted by molar-refractivity contribution is 7.98. The Morgan fingerprint density at radius 3 is 2.86 bits per heavy atom. The number of anilines is 1. The number of hydrogen-bond acceptors (Lipinski definition) is 5. The van der Waals surface area contributed by atoms with Crippen LogP contribution in [-0.4, -0.2) is 29.9 Å². The molecule has 1 aromatic heterocycles. The van der Waals surface area contributed by atoms with E-state index >= 15 is 0 Å². The first-order valence-electron chi connectivity index (χ1n) is 6.58. The third-order valence-corrected chi connectivity index (χ3v) is 5.08. The number of aryl methyl sites for hydroxylation is 1. The molecule has 6 heteroatoms. The van der Waals surface area contributed by atoms with Crippen LogP contribution in [0.25, 0.3) is 0 Å². The van der Waals surface area contributed by atoms with Crippen molar-refractivity contribution < 1.29 is 4.79 Å². The summed E-state index contributed by atoms with van der Waals surface area (Å²) in [6, 6.07) is 5.93. The average Bonchev–Trinajstić information content (AvgIpc) is 2.85. The molecule has 2 aromatic rings. The lowest BCUT2D eigenvalue weighted by Gasteiger charge is -2.07. The Morgan fingerprint density at radius 1 is 1.43 bits per heavy atom. The van der Waals surface area contributed by atoms with Gasteiger partial charge in [0.15, 0.2) is 0 Å². The van der Waals surface area contributed by atoms with Gasteiger partial charge in [0.25, 0.3) is 0 Å². The Bertz CT molecular complexity index is 638. The Kier molecular flexibility index (Phi) is 5.25. The molecule has 0 saturated heterocycles. The van der Waals surface area contributed by atoms with Crippen LogP contribution in [0.2, 0.25) is 0 Å². The molecule has 2 rings (SSSR count). The molecule has 0 aliphatic heterocycles. The summed E-state index contributed by atoms with van der Waals surface area (Å²) in [6.07, 6.45) is 0.378. The van der Waals surface area contributed by atoms with Crippen molar-refractivity contribution in [3.63, 3.8) is 0 Å². The lowest BCUT2D eigenvalue weighted by molar-refractivity contribution is -0.127. The Morgan fingerprint density at radius 2 is 2.19 bits per heavy atom. The number of nitrogens with zero attached hydrogens (tertiary/aromatic N) is 2. The van der Waals surface area contributed by atoms with Gasteiger partial charge in [-0.3, -0.25) is 4.79 Å². The van der Waals surface area contributed by atoms with Crippen LogP contribution in [0.15, 0.2) is 28.5 Å². The number of rotatable bonds is 5. The van der Waals surface area contributed by atoms with Crippen LogP contribution in [0.5, 0.6) is 0 Å². The highest BCUT2D eigenvalue weighted by atomic mass is 32.2. The number of aromatic nitrogens is 1. The van der Waals surface area contributed by atoms with E-state index in [1.165, 1.54) is 10.5 Å². The van der Waals surface area contributed by atoms with Gasteiger partial charge in [-0.1, -0.05) is 0 Å². The smallest absolute Gasteiger partial charge is 0.228 e. The molecule has 0 aliphatic carbocycles. The van der Waals surface area contributed by atoms with Gasteiger partial charge in [-0.2, -0.15) is 0 Å². The van der Waals surface area contributed by atoms with Crippen LogP contribution in [-0.2, 0) is 17.0 Å². The van der Waals surface area contributed by atoms with Gasteiger partial charge in [-0.15, -0.1) is 23.1 Å². The van der Waals surface area contributed by atoms with E-state index in [9.17, 15) is 4.79 Å². The first kappa shape index (κ1) is 15.9. The standard InChI is InChI=1S/C15H19N3OS2/c1-10-6-11(16)4-5-13(10)20-8-12-9-21-14(17-12)7-15(19)18(2)3/h4-6,9H,7-8,16H2,1-3H3. The fraction of sp³-hybridized carbons (Fsp3) is 0.333. The molecule has 21 heavy (non-hydrogen) atoms. The number of nitrogen functional groups attached to an aromatic ring is 1. The zero-order valence-corrected chi connectivity index (χ0v) is 14.1. The molecular weight excluding hydrogens is 302 g/mol. The highest BCUT2D eigenvalue weighted by Crippen LogP contribution is 2.27. The minimum absolute atomic E-state index is 0.0814. The maximum atomic E-state index is 11.7. The molecule has 112 valence electrons. The van der Waals surface area contributed by atoms with Crippen molar-refractivity contribution in [1.82, 2.24) is 9.88 Å². The van der Waals surface area contributed by atoms with E-state index in [2.05, 4.69) is 11.9 Å². The molecule has 0 bridgehead atoms. The van der Waals surface area contributed by atoms with Gasteiger partial charge < -0.3 is 10.6 Å². The molecule has 0 radical (unpaired) electrons. The third kappa shape index (κ3) is 4.47. The number of amides is 1. The Hall–Kier alpha value is -1.53. The van der Waals surface area contributed by atoms with Gasteiger partial charge in [0, 0.05) is 35.8 Å². The number of nitrogens with two attached hydrogens (primary N) is 1. The summed E-state index contributed by atoms with van der Waals surface area (Å²) in [7, 11) is 3.52. The minimum Gasteiger partial charge on any atom is -0.399 e. The summed E-state index contributed by atoms with van der Waals surface area (Å²) in [6.45, 7) is 2.06. The summed E-state index contributed by atoms with van der Waals surface area (Å²) >= 11 is 3.29. The molecule has 0 saturated carbocycles. The molecule has 0 aliphatic rings. The second kappa shape index (κ2) is 6.95. The van der Waals surface area contributed by atoms with Crippen molar-refractivity contribution in [1.29, 1.82) is 0 Å². The number of benzene rings is 1. The zero-order valence-electron chi connectivity index (χ0n) is 12.4. The van der Waals surface area contributed by atoms with Crippen molar-refractivity contribution in [3.8, 4) is 0 Å². The van der Waals surface area contributed by atoms with Gasteiger partial charge in [0.05, 0.1) is 12.1 Å². The van der Waals surface area contributed by atoms with Crippen molar-refractivity contribution in [2.24, 2.45) is 0 Å². The average molecular weight is 321 g/mol. The molecule has 0 unspecified atom stereocenters. The quantitative estimate of drug-likeness (QED) is 0.679. The van der Waals surface area contributed by atoms with Crippen LogP contribution < -0.4 is 5.73 Å². The lowest BCUT2D eigenvalue weighted by atomic mass is 10.2. The summed E-state index contributed by atoms with van der Waals surface area (Å²) in [5.41, 5.74) is 8.74. The normalized spacial score (nSPS) is 10.6. The molecule has 2 N–H and O–H groups in total. The molecule has 0 fully saturated rings. The maximum Gasteiger partial charge on any atom is 0.228 e. The predicted octanol–water partition coefficient (Wildman–Crippen LogP) is 2.96. The number of likely N-dealkylation sites (N-methyl/N-ethyl adjacent to an activating group) is 1. The molecule has 4 nitrogen and oxygen atoms in total. The van der Waals surface area contributed by atoms with Gasteiger partial charge >= 0.3 is 0 Å². The SMILES string of the molecule is Cc1cc(N)ccc1SCc1csc(CC(=O)N(C)C)n1. The van der Waals surface area contributed by atoms with E-state index < -0.39 is 0 Å². The first-order valence-corrected chi connectivity index (χ1v) is 8.44. The topological polar surface area (TPSA) is 59.2 Å². The number of carbonyl (C=O) groups excluding carboxylic acids is 1. The zero-order chi connectivity index (χ0) is 15.4. The van der Waals surface area contributed by atoms with Gasteiger partial charge in [0.2, 0.25) is 5.91 Å². The third-order valence-electron chi connectivity index (χ3n) is 2.98. The van der Waals surface area contributed by atoms with Gasteiger partial charge in [-0.25, -0.2) is 4.98 Å². The van der Waals surface area contributed by atoms with Crippen LogP contribution in [0, 0.1) is 6.92 Å². The van der Waals surface area contributed by atoms with Crippen LogP contribution >= 0.6 is 23.1 Å². The second-order valence-corrected chi connectivity index (χ2v) is 6.97. The fourth-order valence-corrected chi connectivity index (χ4v) is 3.56. The molecule has 1 amide bonds.